The van der Waals surface area contributed by atoms with Gasteiger partial charge in [0.2, 0.25) is 5.91 Å². The maximum absolute atomic E-state index is 13.2. The number of fused-ring (bicyclic) bond motifs is 1. The number of carbonyl (C=O) groups excluding carboxylic acids is 1. The Bertz CT molecular complexity index is 1270. The number of rotatable bonds is 7. The molecule has 0 radical (unpaired) electrons. The van der Waals surface area contributed by atoms with Crippen molar-refractivity contribution in [1.29, 1.82) is 0 Å². The fourth-order valence-electron chi connectivity index (χ4n) is 3.38. The number of para-hydroxylation sites is 1. The number of sulfone groups is 1. The van der Waals surface area contributed by atoms with Gasteiger partial charge in [-0.2, -0.15) is 0 Å². The number of hydrogen-bond donors (Lipinski definition) is 1. The third-order valence-electron chi connectivity index (χ3n) is 4.92. The van der Waals surface area contributed by atoms with Crippen molar-refractivity contribution in [2.75, 3.05) is 0 Å². The first-order chi connectivity index (χ1) is 14.4. The van der Waals surface area contributed by atoms with Crippen LogP contribution in [0.2, 0.25) is 0 Å². The summed E-state index contributed by atoms with van der Waals surface area (Å²) >= 11 is 1.58. The highest BCUT2D eigenvalue weighted by molar-refractivity contribution is 7.90. The number of nitrogens with zero attached hydrogens (tertiary/aromatic N) is 1. The summed E-state index contributed by atoms with van der Waals surface area (Å²) in [6.07, 6.45) is 1.58. The van der Waals surface area contributed by atoms with E-state index < -0.39 is 9.84 Å². The molecule has 0 saturated carbocycles. The molecule has 30 heavy (non-hydrogen) atoms. The highest BCUT2D eigenvalue weighted by Crippen LogP contribution is 2.28. The average Bonchev–Trinajstić information content (AvgIpc) is 3.37. The van der Waals surface area contributed by atoms with Crippen molar-refractivity contribution < 1.29 is 13.2 Å². The van der Waals surface area contributed by atoms with E-state index in [-0.39, 0.29) is 23.1 Å². The van der Waals surface area contributed by atoms with Crippen LogP contribution in [0.3, 0.4) is 0 Å². The van der Waals surface area contributed by atoms with Gasteiger partial charge in [-0.15, -0.1) is 11.3 Å². The first-order valence-electron chi connectivity index (χ1n) is 9.58. The molecule has 1 amide bonds. The fourth-order valence-corrected chi connectivity index (χ4v) is 5.61. The second kappa shape index (κ2) is 8.45. The SMILES string of the molecule is Cc1ccc(CS(=O)(=O)c2cn(CC(=O)NCc3cccs3)c3ccccc23)cc1. The minimum Gasteiger partial charge on any atom is -0.350 e. The summed E-state index contributed by atoms with van der Waals surface area (Å²) in [6, 6.07) is 18.7. The van der Waals surface area contributed by atoms with Crippen molar-refractivity contribution in [3.05, 3.63) is 88.2 Å². The van der Waals surface area contributed by atoms with Gasteiger partial charge >= 0.3 is 0 Å². The third kappa shape index (κ3) is 4.47. The second-order valence-corrected chi connectivity index (χ2v) is 10.2. The predicted molar refractivity (Wildman–Crippen MR) is 120 cm³/mol. The van der Waals surface area contributed by atoms with Gasteiger partial charge in [0.05, 0.1) is 17.2 Å². The summed E-state index contributed by atoms with van der Waals surface area (Å²) in [5, 5.41) is 5.49. The molecule has 0 saturated heterocycles. The second-order valence-electron chi connectivity index (χ2n) is 7.24. The van der Waals surface area contributed by atoms with Crippen LogP contribution in [0.25, 0.3) is 10.9 Å². The average molecular weight is 439 g/mol. The molecule has 0 unspecified atom stereocenters. The van der Waals surface area contributed by atoms with Gasteiger partial charge in [0.15, 0.2) is 9.84 Å². The molecule has 0 fully saturated rings. The molecule has 0 bridgehead atoms. The number of hydrogen-bond acceptors (Lipinski definition) is 4. The predicted octanol–water partition coefficient (Wildman–Crippen LogP) is 4.30. The number of carbonyl (C=O) groups is 1. The van der Waals surface area contributed by atoms with E-state index in [2.05, 4.69) is 5.32 Å². The van der Waals surface area contributed by atoms with E-state index in [4.69, 9.17) is 0 Å². The van der Waals surface area contributed by atoms with Crippen molar-refractivity contribution in [3.8, 4) is 0 Å². The molecule has 7 heteroatoms. The molecule has 154 valence electrons. The van der Waals surface area contributed by atoms with Gasteiger partial charge in [-0.1, -0.05) is 54.1 Å². The minimum atomic E-state index is -3.57. The van der Waals surface area contributed by atoms with Gasteiger partial charge in [-0.05, 0) is 30.0 Å². The summed E-state index contributed by atoms with van der Waals surface area (Å²) in [7, 11) is -3.57. The van der Waals surface area contributed by atoms with Crippen LogP contribution < -0.4 is 5.32 Å². The van der Waals surface area contributed by atoms with Gasteiger partial charge in [-0.25, -0.2) is 8.42 Å². The Morgan fingerprint density at radius 1 is 1.03 bits per heavy atom. The monoisotopic (exact) mass is 438 g/mol. The zero-order valence-corrected chi connectivity index (χ0v) is 18.2. The summed E-state index contributed by atoms with van der Waals surface area (Å²) in [5.74, 6) is -0.238. The van der Waals surface area contributed by atoms with E-state index >= 15 is 0 Å². The molecule has 0 aliphatic heterocycles. The Labute approximate surface area is 179 Å². The van der Waals surface area contributed by atoms with E-state index in [9.17, 15) is 13.2 Å². The molecular formula is C23H22N2O3S2. The molecule has 0 aliphatic carbocycles. The van der Waals surface area contributed by atoms with Crippen molar-refractivity contribution in [2.24, 2.45) is 0 Å². The third-order valence-corrected chi connectivity index (χ3v) is 7.50. The summed E-state index contributed by atoms with van der Waals surface area (Å²) in [6.45, 7) is 2.50. The summed E-state index contributed by atoms with van der Waals surface area (Å²) < 4.78 is 28.0. The number of thiophene rings is 1. The fraction of sp³-hybridized carbons (Fsp3) is 0.174. The van der Waals surface area contributed by atoms with Gasteiger partial charge < -0.3 is 9.88 Å². The van der Waals surface area contributed by atoms with Gasteiger partial charge in [0.25, 0.3) is 0 Å². The molecule has 0 aliphatic rings. The Kier molecular flexibility index (Phi) is 5.74. The lowest BCUT2D eigenvalue weighted by molar-refractivity contribution is -0.121. The zero-order valence-electron chi connectivity index (χ0n) is 16.5. The van der Waals surface area contributed by atoms with Crippen molar-refractivity contribution in [1.82, 2.24) is 9.88 Å². The van der Waals surface area contributed by atoms with E-state index in [1.54, 1.807) is 28.2 Å². The number of benzene rings is 2. The Hall–Kier alpha value is -2.90. The van der Waals surface area contributed by atoms with E-state index in [0.717, 1.165) is 21.5 Å². The van der Waals surface area contributed by atoms with Crippen LogP contribution in [0.4, 0.5) is 0 Å². The molecule has 2 aromatic carbocycles. The number of aromatic nitrogens is 1. The Morgan fingerprint density at radius 3 is 2.53 bits per heavy atom. The molecule has 4 rings (SSSR count). The van der Waals surface area contributed by atoms with Crippen molar-refractivity contribution in [3.63, 3.8) is 0 Å². The van der Waals surface area contributed by atoms with Crippen molar-refractivity contribution >= 4 is 38.0 Å². The molecule has 2 aromatic heterocycles. The lowest BCUT2D eigenvalue weighted by Gasteiger charge is -2.06. The van der Waals surface area contributed by atoms with E-state index in [1.165, 1.54) is 0 Å². The highest BCUT2D eigenvalue weighted by Gasteiger charge is 2.22. The van der Waals surface area contributed by atoms with Gasteiger partial charge in [0, 0.05) is 22.0 Å². The van der Waals surface area contributed by atoms with Crippen LogP contribution in [0.5, 0.6) is 0 Å². The summed E-state index contributed by atoms with van der Waals surface area (Å²) in [5.41, 5.74) is 2.55. The first kappa shape index (κ1) is 20.4. The van der Waals surface area contributed by atoms with Gasteiger partial charge in [0.1, 0.15) is 6.54 Å². The van der Waals surface area contributed by atoms with Crippen molar-refractivity contribution in [2.45, 2.75) is 30.7 Å². The minimum absolute atomic E-state index is 0.0614. The Balaban J connectivity index is 1.60. The number of aryl methyl sites for hydroxylation is 1. The molecular weight excluding hydrogens is 416 g/mol. The summed E-state index contributed by atoms with van der Waals surface area (Å²) in [4.78, 5) is 13.8. The highest BCUT2D eigenvalue weighted by atomic mass is 32.2. The molecule has 0 spiro atoms. The van der Waals surface area contributed by atoms with E-state index in [1.807, 2.05) is 66.9 Å². The molecule has 2 heterocycles. The van der Waals surface area contributed by atoms with Gasteiger partial charge in [-0.3, -0.25) is 4.79 Å². The number of nitrogens with one attached hydrogen (secondary N) is 1. The Morgan fingerprint density at radius 2 is 1.80 bits per heavy atom. The first-order valence-corrected chi connectivity index (χ1v) is 12.1. The maximum Gasteiger partial charge on any atom is 0.240 e. The largest absolute Gasteiger partial charge is 0.350 e. The maximum atomic E-state index is 13.2. The quantitative estimate of drug-likeness (QED) is 0.468. The van der Waals surface area contributed by atoms with Crippen LogP contribution in [-0.4, -0.2) is 18.9 Å². The van der Waals surface area contributed by atoms with Crippen LogP contribution in [0.15, 0.2) is 77.1 Å². The standard InChI is InChI=1S/C23H22N2O3S2/c1-17-8-10-18(11-9-17)16-30(27,28)22-14-25(21-7-3-2-6-20(21)22)15-23(26)24-13-19-5-4-12-29-19/h2-12,14H,13,15-16H2,1H3,(H,24,26). The normalized spacial score (nSPS) is 11.6. The smallest absolute Gasteiger partial charge is 0.240 e. The topological polar surface area (TPSA) is 68.2 Å². The van der Waals surface area contributed by atoms with Crippen LogP contribution in [0.1, 0.15) is 16.0 Å². The zero-order chi connectivity index (χ0) is 21.1. The molecule has 4 aromatic rings. The van der Waals surface area contributed by atoms with Crippen LogP contribution in [0, 0.1) is 6.92 Å². The van der Waals surface area contributed by atoms with Crippen LogP contribution in [-0.2, 0) is 33.5 Å². The lowest BCUT2D eigenvalue weighted by atomic mass is 10.2. The molecule has 5 nitrogen and oxygen atoms in total. The molecule has 1 N–H and O–H groups in total. The molecule has 0 atom stereocenters. The van der Waals surface area contributed by atoms with E-state index in [0.29, 0.717) is 11.9 Å². The number of amides is 1. The van der Waals surface area contributed by atoms with Crippen LogP contribution >= 0.6 is 11.3 Å². The lowest BCUT2D eigenvalue weighted by Crippen LogP contribution is -2.26.